The number of hydrogen-bond donors (Lipinski definition) is 1. The summed E-state index contributed by atoms with van der Waals surface area (Å²) < 4.78 is 16.3. The van der Waals surface area contributed by atoms with Gasteiger partial charge in [0.2, 0.25) is 0 Å². The summed E-state index contributed by atoms with van der Waals surface area (Å²) in [5.74, 6) is -0.925. The highest BCUT2D eigenvalue weighted by Crippen LogP contribution is 2.40. The summed E-state index contributed by atoms with van der Waals surface area (Å²) in [6.45, 7) is 2.19. The predicted molar refractivity (Wildman–Crippen MR) is 130 cm³/mol. The van der Waals surface area contributed by atoms with Gasteiger partial charge in [0, 0.05) is 49.1 Å². The highest BCUT2D eigenvalue weighted by atomic mass is 35.5. The highest BCUT2D eigenvalue weighted by molar-refractivity contribution is 8.14. The minimum absolute atomic E-state index is 0. The molecule has 2 unspecified atom stereocenters. The molecule has 1 aliphatic carbocycles. The van der Waals surface area contributed by atoms with E-state index >= 15 is 0 Å². The number of likely N-dealkylation sites (tertiary alicyclic amines) is 1. The first kappa shape index (κ1) is 26.1. The second kappa shape index (κ2) is 11.3. The molecule has 0 bridgehead atoms. The number of benzene rings is 1. The number of Topliss-reactive ketones (excluding diaryl/α,β-unsaturated/α-hetero) is 1. The molecule has 0 amide bonds. The molecule has 34 heavy (non-hydrogen) atoms. The van der Waals surface area contributed by atoms with Crippen molar-refractivity contribution in [3.63, 3.8) is 0 Å². The first-order chi connectivity index (χ1) is 15.8. The highest BCUT2D eigenvalue weighted by Gasteiger charge is 2.41. The molecule has 7 nitrogen and oxygen atoms in total. The number of hydrogen-bond acceptors (Lipinski definition) is 6. The molecule has 4 rings (SSSR count). The molecule has 182 valence electrons. The molecule has 2 aliphatic rings. The van der Waals surface area contributed by atoms with Crippen LogP contribution in [-0.2, 0) is 20.9 Å². The molecule has 10 heteroatoms. The fraction of sp³-hybridized carbons (Fsp3) is 0.417. The maximum atomic E-state index is 14.8. The summed E-state index contributed by atoms with van der Waals surface area (Å²) in [7, 11) is 0. The van der Waals surface area contributed by atoms with Gasteiger partial charge in [0.25, 0.3) is 0 Å². The van der Waals surface area contributed by atoms with Crippen LogP contribution in [0.25, 0.3) is 6.08 Å². The number of thioether (sulfide) groups is 1. The van der Waals surface area contributed by atoms with Crippen LogP contribution < -0.4 is 0 Å². The fourth-order valence-electron chi connectivity index (χ4n) is 4.30. The number of carbonyl (C=O) groups excluding carboxylic acids is 2. The lowest BCUT2D eigenvalue weighted by Crippen LogP contribution is -2.43. The van der Waals surface area contributed by atoms with Crippen LogP contribution in [0.2, 0.25) is 0 Å². The van der Waals surface area contributed by atoms with Crippen LogP contribution in [-0.4, -0.2) is 54.8 Å². The van der Waals surface area contributed by atoms with E-state index < -0.39 is 17.8 Å². The summed E-state index contributed by atoms with van der Waals surface area (Å²) in [5.41, 5.74) is 1.24. The van der Waals surface area contributed by atoms with Crippen molar-refractivity contribution in [3.8, 4) is 0 Å². The Labute approximate surface area is 207 Å². The van der Waals surface area contributed by atoms with Gasteiger partial charge in [-0.1, -0.05) is 30.0 Å². The van der Waals surface area contributed by atoms with Crippen LogP contribution in [0.5, 0.6) is 0 Å². The third-order valence-electron chi connectivity index (χ3n) is 5.97. The van der Waals surface area contributed by atoms with Gasteiger partial charge in [0.05, 0.1) is 6.04 Å². The van der Waals surface area contributed by atoms with Crippen LogP contribution in [0.4, 0.5) is 4.39 Å². The van der Waals surface area contributed by atoms with Gasteiger partial charge in [-0.25, -0.2) is 9.37 Å². The SMILES string of the molecule is CC(=O)SC1CCN(C(C(=O)C2CC2)c2ccccc2F)CC1=Cc1nccn1CC(=O)O.Cl. The van der Waals surface area contributed by atoms with Crippen molar-refractivity contribution in [2.45, 2.75) is 44.0 Å². The average Bonchev–Trinajstić information content (AvgIpc) is 3.53. The normalized spacial score (nSPS) is 20.5. The summed E-state index contributed by atoms with van der Waals surface area (Å²) >= 11 is 1.22. The monoisotopic (exact) mass is 507 g/mol. The molecule has 1 aliphatic heterocycles. The second-order valence-corrected chi connectivity index (χ2v) is 9.86. The van der Waals surface area contributed by atoms with E-state index in [2.05, 4.69) is 4.98 Å². The topological polar surface area (TPSA) is 92.5 Å². The van der Waals surface area contributed by atoms with Gasteiger partial charge in [-0.05, 0) is 37.0 Å². The lowest BCUT2D eigenvalue weighted by atomic mass is 9.93. The van der Waals surface area contributed by atoms with E-state index in [0.717, 1.165) is 18.4 Å². The van der Waals surface area contributed by atoms with Gasteiger partial charge in [-0.2, -0.15) is 0 Å². The predicted octanol–water partition coefficient (Wildman–Crippen LogP) is 3.99. The van der Waals surface area contributed by atoms with Crippen molar-refractivity contribution in [2.24, 2.45) is 5.92 Å². The number of carboxylic acids is 1. The average molecular weight is 508 g/mol. The third kappa shape index (κ3) is 6.14. The van der Waals surface area contributed by atoms with E-state index in [-0.39, 0.29) is 41.0 Å². The Bertz CT molecular complexity index is 1100. The first-order valence-corrected chi connectivity index (χ1v) is 11.8. The van der Waals surface area contributed by atoms with E-state index in [9.17, 15) is 23.9 Å². The first-order valence-electron chi connectivity index (χ1n) is 11.0. The van der Waals surface area contributed by atoms with Crippen LogP contribution >= 0.6 is 24.2 Å². The third-order valence-corrected chi connectivity index (χ3v) is 7.12. The Kier molecular flexibility index (Phi) is 8.67. The Morgan fingerprint density at radius 2 is 2.00 bits per heavy atom. The quantitative estimate of drug-likeness (QED) is 0.577. The number of aliphatic carboxylic acids is 1. The number of rotatable bonds is 8. The van der Waals surface area contributed by atoms with E-state index in [1.165, 1.54) is 35.5 Å². The smallest absolute Gasteiger partial charge is 0.323 e. The Hall–Kier alpha value is -2.49. The minimum Gasteiger partial charge on any atom is -0.480 e. The van der Waals surface area contributed by atoms with Crippen molar-refractivity contribution < 1.29 is 23.9 Å². The van der Waals surface area contributed by atoms with Gasteiger partial charge < -0.3 is 9.67 Å². The Morgan fingerprint density at radius 1 is 1.26 bits per heavy atom. The van der Waals surface area contributed by atoms with E-state index in [1.807, 2.05) is 4.90 Å². The van der Waals surface area contributed by atoms with Crippen LogP contribution in [0, 0.1) is 11.7 Å². The zero-order valence-corrected chi connectivity index (χ0v) is 20.4. The molecule has 1 aromatic heterocycles. The number of piperidine rings is 1. The number of halogens is 2. The van der Waals surface area contributed by atoms with Gasteiger partial charge >= 0.3 is 5.97 Å². The van der Waals surface area contributed by atoms with Gasteiger partial charge in [-0.3, -0.25) is 19.3 Å². The van der Waals surface area contributed by atoms with E-state index in [0.29, 0.717) is 30.9 Å². The summed E-state index contributed by atoms with van der Waals surface area (Å²) in [6.07, 6.45) is 7.19. The molecule has 1 aromatic carbocycles. The molecule has 2 fully saturated rings. The number of aromatic nitrogens is 2. The molecule has 1 N–H and O–H groups in total. The lowest BCUT2D eigenvalue weighted by molar-refractivity contribution is -0.137. The molecule has 0 spiro atoms. The molecule has 2 atom stereocenters. The largest absolute Gasteiger partial charge is 0.480 e. The van der Waals surface area contributed by atoms with Crippen molar-refractivity contribution >= 4 is 47.1 Å². The summed E-state index contributed by atoms with van der Waals surface area (Å²) in [4.78, 5) is 42.6. The van der Waals surface area contributed by atoms with Crippen LogP contribution in [0.1, 0.15) is 43.6 Å². The standard InChI is InChI=1S/C24H26FN3O4S.ClH/c1-15(29)33-20-8-10-28(13-17(20)12-21-26-9-11-27(21)14-22(30)31)23(24(32)16-6-7-16)18-4-2-3-5-19(18)25;/h2-5,9,11-12,16,20,23H,6-8,10,13-14H2,1H3,(H,30,31);1H. The van der Waals surface area contributed by atoms with Crippen LogP contribution in [0.15, 0.2) is 42.2 Å². The molecule has 1 saturated carbocycles. The maximum absolute atomic E-state index is 14.8. The van der Waals surface area contributed by atoms with Gasteiger partial charge in [-0.15, -0.1) is 12.4 Å². The maximum Gasteiger partial charge on any atom is 0.323 e. The Balaban J connectivity index is 0.00000324. The molecule has 1 saturated heterocycles. The summed E-state index contributed by atoms with van der Waals surface area (Å²) in [5, 5.41) is 9.03. The molecule has 2 heterocycles. The van der Waals surface area contributed by atoms with Crippen molar-refractivity contribution in [1.29, 1.82) is 0 Å². The van der Waals surface area contributed by atoms with Crippen molar-refractivity contribution in [1.82, 2.24) is 14.5 Å². The van der Waals surface area contributed by atoms with E-state index in [4.69, 9.17) is 0 Å². The number of nitrogens with zero attached hydrogens (tertiary/aromatic N) is 3. The molecular formula is C24H27ClFN3O4S. The van der Waals surface area contributed by atoms with Crippen molar-refractivity contribution in [3.05, 3.63) is 59.4 Å². The minimum atomic E-state index is -0.984. The zero-order valence-electron chi connectivity index (χ0n) is 18.7. The number of carbonyl (C=O) groups is 3. The fourth-order valence-corrected chi connectivity index (χ4v) is 5.22. The summed E-state index contributed by atoms with van der Waals surface area (Å²) in [6, 6.07) is 5.70. The molecule has 0 radical (unpaired) electrons. The van der Waals surface area contributed by atoms with E-state index in [1.54, 1.807) is 30.5 Å². The number of ketones is 1. The van der Waals surface area contributed by atoms with Gasteiger partial charge in [0.1, 0.15) is 18.2 Å². The lowest BCUT2D eigenvalue weighted by Gasteiger charge is -2.38. The number of imidazole rings is 1. The second-order valence-electron chi connectivity index (χ2n) is 8.48. The molecule has 2 aromatic rings. The van der Waals surface area contributed by atoms with Crippen molar-refractivity contribution in [2.75, 3.05) is 13.1 Å². The Morgan fingerprint density at radius 3 is 2.65 bits per heavy atom. The molecular weight excluding hydrogens is 481 g/mol. The zero-order chi connectivity index (χ0) is 23.5. The van der Waals surface area contributed by atoms with Crippen LogP contribution in [0.3, 0.4) is 0 Å². The van der Waals surface area contributed by atoms with Gasteiger partial charge in [0.15, 0.2) is 10.9 Å². The number of carboxylic acid groups (broad SMARTS) is 1.